The van der Waals surface area contributed by atoms with Gasteiger partial charge in [-0.25, -0.2) is 4.79 Å². The van der Waals surface area contributed by atoms with Gasteiger partial charge in [0, 0.05) is 48.3 Å². The average Bonchev–Trinajstić information content (AvgIpc) is 2.69. The van der Waals surface area contributed by atoms with Crippen molar-refractivity contribution < 1.29 is 4.79 Å². The number of fused-ring (bicyclic) bond motifs is 1. The third-order valence-electron chi connectivity index (χ3n) is 3.51. The number of halogens is 1. The minimum absolute atomic E-state index is 0.0470. The first-order valence-electron chi connectivity index (χ1n) is 6.51. The van der Waals surface area contributed by atoms with Gasteiger partial charge in [-0.3, -0.25) is 0 Å². The molecule has 1 aromatic heterocycles. The number of hydrogen-bond acceptors (Lipinski definition) is 1. The number of likely N-dealkylation sites (tertiary alicyclic amines) is 1. The van der Waals surface area contributed by atoms with Crippen LogP contribution in [0.4, 0.5) is 4.79 Å². The van der Waals surface area contributed by atoms with Crippen LogP contribution in [0.1, 0.15) is 6.42 Å². The van der Waals surface area contributed by atoms with Crippen LogP contribution in [0.2, 0.25) is 5.02 Å². The second kappa shape index (κ2) is 5.13. The number of aromatic nitrogens is 1. The SMILES string of the molecule is O=C(NCCn1ccc2cc(Cl)ccc21)N1CCC1. The number of carbonyl (C=O) groups is 1. The van der Waals surface area contributed by atoms with Gasteiger partial charge in [-0.1, -0.05) is 11.6 Å². The van der Waals surface area contributed by atoms with E-state index in [1.807, 2.05) is 35.4 Å². The maximum atomic E-state index is 11.7. The lowest BCUT2D eigenvalue weighted by Crippen LogP contribution is -2.48. The van der Waals surface area contributed by atoms with Gasteiger partial charge in [0.2, 0.25) is 0 Å². The van der Waals surface area contributed by atoms with Crippen LogP contribution in [0.15, 0.2) is 30.5 Å². The number of nitrogens with zero attached hydrogens (tertiary/aromatic N) is 2. The Kier molecular flexibility index (Phi) is 3.34. The van der Waals surface area contributed by atoms with Gasteiger partial charge in [-0.2, -0.15) is 0 Å². The lowest BCUT2D eigenvalue weighted by Gasteiger charge is -2.30. The zero-order valence-corrected chi connectivity index (χ0v) is 11.4. The monoisotopic (exact) mass is 277 g/mol. The summed E-state index contributed by atoms with van der Waals surface area (Å²) in [5.74, 6) is 0. The third kappa shape index (κ3) is 2.54. The fourth-order valence-corrected chi connectivity index (χ4v) is 2.46. The fraction of sp³-hybridized carbons (Fsp3) is 0.357. The smallest absolute Gasteiger partial charge is 0.317 e. The molecule has 0 spiro atoms. The summed E-state index contributed by atoms with van der Waals surface area (Å²) in [5, 5.41) is 4.81. The first kappa shape index (κ1) is 12.4. The molecule has 0 saturated carbocycles. The van der Waals surface area contributed by atoms with Gasteiger partial charge in [-0.05, 0) is 30.7 Å². The Labute approximate surface area is 116 Å². The first-order chi connectivity index (χ1) is 9.24. The maximum absolute atomic E-state index is 11.7. The van der Waals surface area contributed by atoms with E-state index >= 15 is 0 Å². The Morgan fingerprint density at radius 1 is 1.32 bits per heavy atom. The molecule has 0 radical (unpaired) electrons. The van der Waals surface area contributed by atoms with Crippen LogP contribution in [0, 0.1) is 0 Å². The molecule has 0 bridgehead atoms. The molecule has 1 fully saturated rings. The molecule has 2 aromatic rings. The van der Waals surface area contributed by atoms with Gasteiger partial charge in [0.15, 0.2) is 0 Å². The Balaban J connectivity index is 1.60. The molecule has 0 unspecified atom stereocenters. The minimum Gasteiger partial charge on any atom is -0.346 e. The Morgan fingerprint density at radius 2 is 2.16 bits per heavy atom. The second-order valence-corrected chi connectivity index (χ2v) is 5.22. The van der Waals surface area contributed by atoms with Crippen molar-refractivity contribution in [2.24, 2.45) is 0 Å². The molecule has 1 aliphatic rings. The molecule has 4 nitrogen and oxygen atoms in total. The van der Waals surface area contributed by atoms with Crippen LogP contribution in [0.3, 0.4) is 0 Å². The highest BCUT2D eigenvalue weighted by atomic mass is 35.5. The summed E-state index contributed by atoms with van der Waals surface area (Å²) in [6.45, 7) is 3.18. The number of benzene rings is 1. The van der Waals surface area contributed by atoms with Crippen molar-refractivity contribution in [2.75, 3.05) is 19.6 Å². The molecule has 5 heteroatoms. The lowest BCUT2D eigenvalue weighted by molar-refractivity contribution is 0.167. The van der Waals surface area contributed by atoms with Crippen molar-refractivity contribution in [3.8, 4) is 0 Å². The molecule has 19 heavy (non-hydrogen) atoms. The second-order valence-electron chi connectivity index (χ2n) is 4.78. The highest BCUT2D eigenvalue weighted by Gasteiger charge is 2.19. The predicted molar refractivity (Wildman–Crippen MR) is 76.5 cm³/mol. The third-order valence-corrected chi connectivity index (χ3v) is 3.74. The van der Waals surface area contributed by atoms with Gasteiger partial charge in [0.25, 0.3) is 0 Å². The van der Waals surface area contributed by atoms with Crippen molar-refractivity contribution in [1.29, 1.82) is 0 Å². The number of urea groups is 1. The molecule has 1 aliphatic heterocycles. The predicted octanol–water partition coefficient (Wildman–Crippen LogP) is 2.71. The van der Waals surface area contributed by atoms with Crippen LogP contribution in [0.25, 0.3) is 10.9 Å². The van der Waals surface area contributed by atoms with E-state index in [0.29, 0.717) is 6.54 Å². The summed E-state index contributed by atoms with van der Waals surface area (Å²) in [6.07, 6.45) is 3.15. The molecule has 1 N–H and O–H groups in total. The van der Waals surface area contributed by atoms with E-state index in [2.05, 4.69) is 9.88 Å². The first-order valence-corrected chi connectivity index (χ1v) is 6.89. The van der Waals surface area contributed by atoms with Crippen molar-refractivity contribution in [3.05, 3.63) is 35.5 Å². The van der Waals surface area contributed by atoms with Crippen molar-refractivity contribution >= 4 is 28.5 Å². The largest absolute Gasteiger partial charge is 0.346 e. The van der Waals surface area contributed by atoms with Crippen LogP contribution in [0.5, 0.6) is 0 Å². The van der Waals surface area contributed by atoms with Crippen molar-refractivity contribution in [2.45, 2.75) is 13.0 Å². The van der Waals surface area contributed by atoms with Crippen LogP contribution in [-0.4, -0.2) is 35.1 Å². The molecule has 3 rings (SSSR count). The summed E-state index contributed by atoms with van der Waals surface area (Å²) in [6, 6.07) is 7.93. The van der Waals surface area contributed by atoms with Crippen molar-refractivity contribution in [3.63, 3.8) is 0 Å². The molecule has 100 valence electrons. The fourth-order valence-electron chi connectivity index (χ4n) is 2.28. The number of carbonyl (C=O) groups excluding carboxylic acids is 1. The lowest BCUT2D eigenvalue weighted by atomic mass is 10.2. The molecular weight excluding hydrogens is 262 g/mol. The van der Waals surface area contributed by atoms with Crippen LogP contribution in [-0.2, 0) is 6.54 Å². The summed E-state index contributed by atoms with van der Waals surface area (Å²) in [4.78, 5) is 13.5. The van der Waals surface area contributed by atoms with E-state index in [1.54, 1.807) is 0 Å². The highest BCUT2D eigenvalue weighted by molar-refractivity contribution is 6.31. The summed E-state index contributed by atoms with van der Waals surface area (Å²) in [7, 11) is 0. The van der Waals surface area contributed by atoms with E-state index in [1.165, 1.54) is 0 Å². The van der Waals surface area contributed by atoms with Crippen molar-refractivity contribution in [1.82, 2.24) is 14.8 Å². The molecule has 1 aromatic carbocycles. The van der Waals surface area contributed by atoms with Gasteiger partial charge in [0.1, 0.15) is 0 Å². The minimum atomic E-state index is 0.0470. The van der Waals surface area contributed by atoms with Gasteiger partial charge in [0.05, 0.1) is 0 Å². The number of hydrogen-bond donors (Lipinski definition) is 1. The van der Waals surface area contributed by atoms with E-state index in [0.717, 1.165) is 42.0 Å². The van der Waals surface area contributed by atoms with Gasteiger partial charge >= 0.3 is 6.03 Å². The standard InChI is InChI=1S/C14H16ClN3O/c15-12-2-3-13-11(10-12)4-8-17(13)9-5-16-14(19)18-6-1-7-18/h2-4,8,10H,1,5-7,9H2,(H,16,19). The number of nitrogens with one attached hydrogen (secondary N) is 1. The molecular formula is C14H16ClN3O. The molecule has 0 atom stereocenters. The van der Waals surface area contributed by atoms with E-state index in [9.17, 15) is 4.79 Å². The van der Waals surface area contributed by atoms with E-state index < -0.39 is 0 Å². The summed E-state index contributed by atoms with van der Waals surface area (Å²) < 4.78 is 2.13. The number of rotatable bonds is 3. The summed E-state index contributed by atoms with van der Waals surface area (Å²) >= 11 is 5.96. The quantitative estimate of drug-likeness (QED) is 0.920. The zero-order valence-electron chi connectivity index (χ0n) is 10.6. The molecule has 0 aliphatic carbocycles. The van der Waals surface area contributed by atoms with E-state index in [4.69, 9.17) is 11.6 Å². The van der Waals surface area contributed by atoms with Crippen LogP contribution < -0.4 is 5.32 Å². The summed E-state index contributed by atoms with van der Waals surface area (Å²) in [5.41, 5.74) is 1.14. The highest BCUT2D eigenvalue weighted by Crippen LogP contribution is 2.20. The Bertz CT molecular complexity index is 604. The molecule has 1 saturated heterocycles. The number of amides is 2. The van der Waals surface area contributed by atoms with Crippen LogP contribution >= 0.6 is 11.6 Å². The van der Waals surface area contributed by atoms with Gasteiger partial charge < -0.3 is 14.8 Å². The normalized spacial score (nSPS) is 14.5. The molecule has 2 heterocycles. The zero-order chi connectivity index (χ0) is 13.2. The Hall–Kier alpha value is -1.68. The topological polar surface area (TPSA) is 37.3 Å². The Morgan fingerprint density at radius 3 is 2.89 bits per heavy atom. The molecule has 2 amide bonds. The maximum Gasteiger partial charge on any atom is 0.317 e. The average molecular weight is 278 g/mol. The van der Waals surface area contributed by atoms with E-state index in [-0.39, 0.29) is 6.03 Å². The van der Waals surface area contributed by atoms with Gasteiger partial charge in [-0.15, -0.1) is 0 Å².